The molecule has 2 heterocycles. The van der Waals surface area contributed by atoms with Crippen molar-refractivity contribution in [2.75, 3.05) is 6.54 Å². The maximum Gasteiger partial charge on any atom is 0.341 e. The van der Waals surface area contributed by atoms with Crippen molar-refractivity contribution in [1.29, 1.82) is 0 Å². The molecular weight excluding hydrogens is 312 g/mol. The first-order valence-corrected chi connectivity index (χ1v) is 8.32. The molecule has 0 saturated heterocycles. The van der Waals surface area contributed by atoms with Crippen LogP contribution < -0.4 is 5.56 Å². The van der Waals surface area contributed by atoms with Crippen LogP contribution in [0.15, 0.2) is 11.0 Å². The fraction of sp³-hybridized carbons (Fsp3) is 0.588. The average Bonchev–Trinajstić information content (AvgIpc) is 2.54. The lowest BCUT2D eigenvalue weighted by atomic mass is 9.91. The van der Waals surface area contributed by atoms with Gasteiger partial charge in [0.1, 0.15) is 5.56 Å². The molecule has 0 unspecified atom stereocenters. The lowest BCUT2D eigenvalue weighted by Gasteiger charge is -2.32. The van der Waals surface area contributed by atoms with Gasteiger partial charge in [-0.2, -0.15) is 0 Å². The lowest BCUT2D eigenvalue weighted by molar-refractivity contribution is -0.129. The van der Waals surface area contributed by atoms with Crippen LogP contribution >= 0.6 is 0 Å². The van der Waals surface area contributed by atoms with E-state index in [0.29, 0.717) is 50.8 Å². The van der Waals surface area contributed by atoms with Crippen LogP contribution in [0.5, 0.6) is 0 Å². The minimum Gasteiger partial charge on any atom is -0.477 e. The number of hydrogen-bond acceptors (Lipinski definition) is 4. The van der Waals surface area contributed by atoms with Crippen LogP contribution in [-0.4, -0.2) is 44.2 Å². The lowest BCUT2D eigenvalue weighted by Crippen LogP contribution is -2.40. The van der Waals surface area contributed by atoms with E-state index in [4.69, 9.17) is 0 Å². The van der Waals surface area contributed by atoms with E-state index in [0.717, 1.165) is 5.56 Å². The molecule has 130 valence electrons. The second-order valence-electron chi connectivity index (χ2n) is 6.68. The first kappa shape index (κ1) is 16.7. The van der Waals surface area contributed by atoms with Gasteiger partial charge in [-0.3, -0.25) is 9.59 Å². The van der Waals surface area contributed by atoms with Crippen molar-refractivity contribution in [1.82, 2.24) is 9.47 Å². The predicted octanol–water partition coefficient (Wildman–Crippen LogP) is 0.927. The highest BCUT2D eigenvalue weighted by Crippen LogP contribution is 2.29. The Morgan fingerprint density at radius 3 is 2.46 bits per heavy atom. The quantitative estimate of drug-likeness (QED) is 0.838. The number of nitrogens with zero attached hydrogens (tertiary/aromatic N) is 2. The van der Waals surface area contributed by atoms with Crippen molar-refractivity contribution >= 4 is 11.9 Å². The average molecular weight is 334 g/mol. The summed E-state index contributed by atoms with van der Waals surface area (Å²) in [6.07, 6.45) is 4.27. The van der Waals surface area contributed by atoms with E-state index in [1.807, 2.05) is 0 Å². The Kier molecular flexibility index (Phi) is 4.45. The van der Waals surface area contributed by atoms with Gasteiger partial charge in [-0.05, 0) is 43.2 Å². The maximum atomic E-state index is 12.7. The van der Waals surface area contributed by atoms with Crippen LogP contribution in [0.25, 0.3) is 0 Å². The van der Waals surface area contributed by atoms with Crippen molar-refractivity contribution in [2.24, 2.45) is 0 Å². The predicted molar refractivity (Wildman–Crippen MR) is 86.0 cm³/mol. The van der Waals surface area contributed by atoms with Gasteiger partial charge in [0.15, 0.2) is 0 Å². The zero-order valence-electron chi connectivity index (χ0n) is 13.7. The zero-order valence-corrected chi connectivity index (χ0v) is 13.7. The number of rotatable bonds is 2. The molecule has 1 fully saturated rings. The smallest absolute Gasteiger partial charge is 0.341 e. The summed E-state index contributed by atoms with van der Waals surface area (Å²) in [4.78, 5) is 37.7. The number of aliphatic hydroxyl groups excluding tert-OH is 1. The third kappa shape index (κ3) is 2.96. The van der Waals surface area contributed by atoms with Crippen molar-refractivity contribution in [2.45, 2.75) is 57.7 Å². The topological polar surface area (TPSA) is 99.8 Å². The summed E-state index contributed by atoms with van der Waals surface area (Å²) in [5.74, 6) is -1.27. The fourth-order valence-electron chi connectivity index (χ4n) is 3.77. The van der Waals surface area contributed by atoms with E-state index in [1.54, 1.807) is 11.1 Å². The summed E-state index contributed by atoms with van der Waals surface area (Å²) in [5, 5.41) is 19.2. The number of carbonyl (C=O) groups excluding carboxylic acids is 1. The van der Waals surface area contributed by atoms with Crippen molar-refractivity contribution in [3.8, 4) is 0 Å². The number of aromatic carboxylic acids is 1. The van der Waals surface area contributed by atoms with Gasteiger partial charge >= 0.3 is 5.97 Å². The molecule has 1 saturated carbocycles. The van der Waals surface area contributed by atoms with E-state index in [1.165, 1.54) is 11.5 Å². The van der Waals surface area contributed by atoms with E-state index >= 15 is 0 Å². The van der Waals surface area contributed by atoms with Crippen molar-refractivity contribution in [3.63, 3.8) is 0 Å². The number of aromatic nitrogens is 1. The second kappa shape index (κ2) is 6.39. The number of hydrogen-bond donors (Lipinski definition) is 2. The third-order valence-corrected chi connectivity index (χ3v) is 5.14. The van der Waals surface area contributed by atoms with Gasteiger partial charge in [-0.15, -0.1) is 0 Å². The number of pyridine rings is 1. The van der Waals surface area contributed by atoms with Gasteiger partial charge < -0.3 is 19.7 Å². The number of amides is 1. The van der Waals surface area contributed by atoms with Gasteiger partial charge in [0.25, 0.3) is 5.56 Å². The van der Waals surface area contributed by atoms with E-state index in [-0.39, 0.29) is 23.6 Å². The van der Waals surface area contributed by atoms with Crippen molar-refractivity contribution < 1.29 is 19.8 Å². The molecule has 3 rings (SSSR count). The molecule has 0 bridgehead atoms. The summed E-state index contributed by atoms with van der Waals surface area (Å²) in [6.45, 7) is 2.25. The molecule has 2 N–H and O–H groups in total. The highest BCUT2D eigenvalue weighted by Gasteiger charge is 2.29. The first-order valence-electron chi connectivity index (χ1n) is 8.32. The monoisotopic (exact) mass is 334 g/mol. The van der Waals surface area contributed by atoms with Gasteiger partial charge in [-0.1, -0.05) is 0 Å². The number of carboxylic acids is 1. The molecule has 1 aliphatic carbocycles. The number of aliphatic hydroxyl groups is 1. The molecule has 2 aliphatic rings. The Morgan fingerprint density at radius 2 is 1.88 bits per heavy atom. The molecule has 1 aromatic heterocycles. The molecular formula is C17H22N2O5. The summed E-state index contributed by atoms with van der Waals surface area (Å²) in [6, 6.07) is -0.1000. The summed E-state index contributed by atoms with van der Waals surface area (Å²) in [7, 11) is 0. The summed E-state index contributed by atoms with van der Waals surface area (Å²) >= 11 is 0. The Balaban J connectivity index is 2.06. The second-order valence-corrected chi connectivity index (χ2v) is 6.68. The minimum atomic E-state index is -1.21. The minimum absolute atomic E-state index is 0.0592. The molecule has 7 heteroatoms. The van der Waals surface area contributed by atoms with Crippen LogP contribution in [0.2, 0.25) is 0 Å². The molecule has 0 atom stereocenters. The van der Waals surface area contributed by atoms with Gasteiger partial charge in [0.05, 0.1) is 6.10 Å². The molecule has 1 amide bonds. The van der Waals surface area contributed by atoms with E-state index in [9.17, 15) is 24.6 Å². The molecule has 7 nitrogen and oxygen atoms in total. The Morgan fingerprint density at radius 1 is 1.21 bits per heavy atom. The van der Waals surface area contributed by atoms with Gasteiger partial charge in [-0.25, -0.2) is 4.79 Å². The highest BCUT2D eigenvalue weighted by molar-refractivity contribution is 5.89. The molecule has 1 aliphatic heterocycles. The number of carbonyl (C=O) groups is 2. The standard InChI is InChI=1S/C17H22N2O5/c1-10(20)18-7-6-14-11(8-18)9-19(16(22)15(14)17(23)24)12-2-4-13(21)5-3-12/h9,12-13,21H,2-8H2,1H3,(H,23,24). The van der Waals surface area contributed by atoms with Crippen LogP contribution in [-0.2, 0) is 17.8 Å². The fourth-order valence-corrected chi connectivity index (χ4v) is 3.77. The molecule has 0 radical (unpaired) electrons. The molecule has 1 aromatic rings. The van der Waals surface area contributed by atoms with Gasteiger partial charge in [0, 0.05) is 32.3 Å². The Bertz CT molecular complexity index is 731. The number of carboxylic acid groups (broad SMARTS) is 1. The SMILES string of the molecule is CC(=O)N1CCc2c(cn(C3CCC(O)CC3)c(=O)c2C(=O)O)C1. The molecule has 0 spiro atoms. The van der Waals surface area contributed by atoms with Crippen LogP contribution in [0, 0.1) is 0 Å². The van der Waals surface area contributed by atoms with E-state index in [2.05, 4.69) is 0 Å². The molecule has 0 aromatic carbocycles. The first-order chi connectivity index (χ1) is 11.4. The largest absolute Gasteiger partial charge is 0.477 e. The zero-order chi connectivity index (χ0) is 17.4. The van der Waals surface area contributed by atoms with Crippen LogP contribution in [0.4, 0.5) is 0 Å². The normalized spacial score (nSPS) is 23.7. The maximum absolute atomic E-state index is 12.7. The Hall–Kier alpha value is -2.15. The molecule has 24 heavy (non-hydrogen) atoms. The van der Waals surface area contributed by atoms with Gasteiger partial charge in [0.2, 0.25) is 5.91 Å². The van der Waals surface area contributed by atoms with Crippen LogP contribution in [0.1, 0.15) is 60.1 Å². The number of fused-ring (bicyclic) bond motifs is 1. The van der Waals surface area contributed by atoms with Crippen LogP contribution in [0.3, 0.4) is 0 Å². The van der Waals surface area contributed by atoms with Crippen molar-refractivity contribution in [3.05, 3.63) is 33.2 Å². The Labute approximate surface area is 139 Å². The summed E-state index contributed by atoms with van der Waals surface area (Å²) < 4.78 is 1.51. The summed E-state index contributed by atoms with van der Waals surface area (Å²) in [5.41, 5.74) is 0.650. The highest BCUT2D eigenvalue weighted by atomic mass is 16.4. The third-order valence-electron chi connectivity index (χ3n) is 5.14. The van der Waals surface area contributed by atoms with E-state index < -0.39 is 11.5 Å².